The fourth-order valence-electron chi connectivity index (χ4n) is 2.70. The summed E-state index contributed by atoms with van der Waals surface area (Å²) in [7, 11) is 0. The van der Waals surface area contributed by atoms with Gasteiger partial charge in [-0.3, -0.25) is 0 Å². The molecule has 0 bridgehead atoms. The molecular formula is C13H15ClF3N. The van der Waals surface area contributed by atoms with E-state index in [1.165, 1.54) is 6.07 Å². The molecule has 0 amide bonds. The van der Waals surface area contributed by atoms with Gasteiger partial charge in [0.05, 0.1) is 5.56 Å². The van der Waals surface area contributed by atoms with Crippen molar-refractivity contribution in [1.29, 1.82) is 0 Å². The molecule has 2 N–H and O–H groups in total. The van der Waals surface area contributed by atoms with Gasteiger partial charge in [-0.15, -0.1) is 0 Å². The minimum Gasteiger partial charge on any atom is -0.330 e. The van der Waals surface area contributed by atoms with E-state index in [1.54, 1.807) is 0 Å². The lowest BCUT2D eigenvalue weighted by molar-refractivity contribution is -0.137. The van der Waals surface area contributed by atoms with Crippen molar-refractivity contribution < 1.29 is 13.2 Å². The van der Waals surface area contributed by atoms with Crippen LogP contribution in [-0.2, 0) is 11.6 Å². The lowest BCUT2D eigenvalue weighted by Crippen LogP contribution is -2.26. The second-order valence-electron chi connectivity index (χ2n) is 5.54. The normalized spacial score (nSPS) is 26.2. The molecule has 1 aromatic carbocycles. The summed E-state index contributed by atoms with van der Waals surface area (Å²) in [5, 5.41) is 0.360. The summed E-state index contributed by atoms with van der Waals surface area (Å²) in [5.41, 5.74) is 5.09. The monoisotopic (exact) mass is 277 g/mol. The third-order valence-electron chi connectivity index (χ3n) is 4.07. The van der Waals surface area contributed by atoms with Crippen LogP contribution < -0.4 is 5.73 Å². The van der Waals surface area contributed by atoms with E-state index in [4.69, 9.17) is 17.3 Å². The summed E-state index contributed by atoms with van der Waals surface area (Å²) in [4.78, 5) is 0. The molecule has 1 aromatic rings. The summed E-state index contributed by atoms with van der Waals surface area (Å²) in [6, 6.07) is 3.46. The average Bonchev–Trinajstić information content (AvgIpc) is 2.81. The SMILES string of the molecule is CC1(C)CC1(CN)c1cc(C(F)(F)F)ccc1Cl. The third kappa shape index (κ3) is 1.91. The molecule has 0 aromatic heterocycles. The Morgan fingerprint density at radius 1 is 1.33 bits per heavy atom. The molecule has 0 radical (unpaired) electrons. The molecule has 0 aliphatic heterocycles. The maximum Gasteiger partial charge on any atom is 0.416 e. The zero-order valence-electron chi connectivity index (χ0n) is 10.2. The van der Waals surface area contributed by atoms with Crippen molar-refractivity contribution in [3.05, 3.63) is 34.3 Å². The molecular weight excluding hydrogens is 263 g/mol. The molecule has 2 rings (SSSR count). The van der Waals surface area contributed by atoms with Crippen molar-refractivity contribution >= 4 is 11.6 Å². The van der Waals surface area contributed by atoms with E-state index in [-0.39, 0.29) is 5.41 Å². The molecule has 1 nitrogen and oxygen atoms in total. The molecule has 100 valence electrons. The van der Waals surface area contributed by atoms with Crippen molar-refractivity contribution in [2.75, 3.05) is 6.54 Å². The van der Waals surface area contributed by atoms with Crippen LogP contribution in [0.5, 0.6) is 0 Å². The summed E-state index contributed by atoms with van der Waals surface area (Å²) in [6.07, 6.45) is -3.59. The van der Waals surface area contributed by atoms with Crippen LogP contribution in [0.25, 0.3) is 0 Å². The van der Waals surface area contributed by atoms with Gasteiger partial charge in [-0.1, -0.05) is 25.4 Å². The third-order valence-corrected chi connectivity index (χ3v) is 4.40. The van der Waals surface area contributed by atoms with Gasteiger partial charge in [0.1, 0.15) is 0 Å². The topological polar surface area (TPSA) is 26.0 Å². The first-order valence-corrected chi connectivity index (χ1v) is 6.09. The van der Waals surface area contributed by atoms with Crippen LogP contribution in [0.3, 0.4) is 0 Å². The quantitative estimate of drug-likeness (QED) is 0.869. The second-order valence-corrected chi connectivity index (χ2v) is 5.95. The molecule has 0 saturated heterocycles. The first-order chi connectivity index (χ1) is 8.14. The van der Waals surface area contributed by atoms with Crippen LogP contribution in [0.2, 0.25) is 5.02 Å². The van der Waals surface area contributed by atoms with Gasteiger partial charge >= 0.3 is 6.18 Å². The number of rotatable bonds is 2. The van der Waals surface area contributed by atoms with Crippen molar-refractivity contribution in [2.45, 2.75) is 31.9 Å². The van der Waals surface area contributed by atoms with E-state index in [9.17, 15) is 13.2 Å². The average molecular weight is 278 g/mol. The highest BCUT2D eigenvalue weighted by molar-refractivity contribution is 6.31. The lowest BCUT2D eigenvalue weighted by atomic mass is 9.87. The highest BCUT2D eigenvalue weighted by Crippen LogP contribution is 2.65. The summed E-state index contributed by atoms with van der Waals surface area (Å²) in [6.45, 7) is 4.30. The second kappa shape index (κ2) is 3.87. The van der Waals surface area contributed by atoms with Gasteiger partial charge in [0.25, 0.3) is 0 Å². The van der Waals surface area contributed by atoms with E-state index in [2.05, 4.69) is 0 Å². The van der Waals surface area contributed by atoms with Crippen LogP contribution in [0.1, 0.15) is 31.4 Å². The molecule has 1 aliphatic rings. The minimum atomic E-state index is -4.35. The summed E-state index contributed by atoms with van der Waals surface area (Å²) >= 11 is 6.05. The van der Waals surface area contributed by atoms with Gasteiger partial charge in [-0.25, -0.2) is 0 Å². The van der Waals surface area contributed by atoms with Gasteiger partial charge in [0, 0.05) is 17.0 Å². The van der Waals surface area contributed by atoms with Gasteiger partial charge in [-0.2, -0.15) is 13.2 Å². The minimum absolute atomic E-state index is 0.102. The number of halogens is 4. The number of hydrogen-bond donors (Lipinski definition) is 1. The Morgan fingerprint density at radius 2 is 1.89 bits per heavy atom. The van der Waals surface area contributed by atoms with Gasteiger partial charge in [0.2, 0.25) is 0 Å². The number of benzene rings is 1. The molecule has 1 saturated carbocycles. The first kappa shape index (κ1) is 13.7. The predicted octanol–water partition coefficient (Wildman–Crippen LogP) is 3.99. The van der Waals surface area contributed by atoms with Crippen LogP contribution >= 0.6 is 11.6 Å². The van der Waals surface area contributed by atoms with Crippen LogP contribution in [0.15, 0.2) is 18.2 Å². The number of hydrogen-bond acceptors (Lipinski definition) is 1. The smallest absolute Gasteiger partial charge is 0.330 e. The molecule has 5 heteroatoms. The van der Waals surface area contributed by atoms with Crippen molar-refractivity contribution in [3.63, 3.8) is 0 Å². The van der Waals surface area contributed by atoms with E-state index in [0.29, 0.717) is 17.1 Å². The molecule has 18 heavy (non-hydrogen) atoms. The van der Waals surface area contributed by atoms with Gasteiger partial charge < -0.3 is 5.73 Å². The Morgan fingerprint density at radius 3 is 2.28 bits per heavy atom. The summed E-state index contributed by atoms with van der Waals surface area (Å²) < 4.78 is 38.2. The standard InChI is InChI=1S/C13H15ClF3N/c1-11(2)6-12(11,7-18)9-5-8(13(15,16)17)3-4-10(9)14/h3-5H,6-7,18H2,1-2H3. The fraction of sp³-hybridized carbons (Fsp3) is 0.538. The Bertz CT molecular complexity index is 482. The molecule has 0 heterocycles. The van der Waals surface area contributed by atoms with Crippen molar-refractivity contribution in [1.82, 2.24) is 0 Å². The van der Waals surface area contributed by atoms with Crippen molar-refractivity contribution in [2.24, 2.45) is 11.1 Å². The zero-order chi connectivity index (χ0) is 13.8. The summed E-state index contributed by atoms with van der Waals surface area (Å²) in [5.74, 6) is 0. The van der Waals surface area contributed by atoms with Gasteiger partial charge in [0.15, 0.2) is 0 Å². The number of alkyl halides is 3. The van der Waals surface area contributed by atoms with E-state index < -0.39 is 17.2 Å². The molecule has 1 fully saturated rings. The van der Waals surface area contributed by atoms with Crippen molar-refractivity contribution in [3.8, 4) is 0 Å². The Hall–Kier alpha value is -0.740. The van der Waals surface area contributed by atoms with Crippen LogP contribution in [0.4, 0.5) is 13.2 Å². The molecule has 0 spiro atoms. The van der Waals surface area contributed by atoms with Crippen LogP contribution in [0, 0.1) is 5.41 Å². The zero-order valence-corrected chi connectivity index (χ0v) is 11.0. The largest absolute Gasteiger partial charge is 0.416 e. The van der Waals surface area contributed by atoms with Gasteiger partial charge in [-0.05, 0) is 35.6 Å². The van der Waals surface area contributed by atoms with E-state index >= 15 is 0 Å². The fourth-order valence-corrected chi connectivity index (χ4v) is 3.00. The molecule has 1 unspecified atom stereocenters. The Balaban J connectivity index is 2.52. The predicted molar refractivity (Wildman–Crippen MR) is 65.6 cm³/mol. The first-order valence-electron chi connectivity index (χ1n) is 5.71. The van der Waals surface area contributed by atoms with E-state index in [0.717, 1.165) is 18.6 Å². The number of nitrogens with two attached hydrogens (primary N) is 1. The highest BCUT2D eigenvalue weighted by atomic mass is 35.5. The molecule has 1 aliphatic carbocycles. The maximum absolute atomic E-state index is 12.7. The maximum atomic E-state index is 12.7. The lowest BCUT2D eigenvalue weighted by Gasteiger charge is -2.21. The molecule has 1 atom stereocenters. The van der Waals surface area contributed by atoms with Crippen LogP contribution in [-0.4, -0.2) is 6.54 Å². The van der Waals surface area contributed by atoms with E-state index in [1.807, 2.05) is 13.8 Å². The Labute approximate surface area is 109 Å². The highest BCUT2D eigenvalue weighted by Gasteiger charge is 2.61. The Kier molecular flexibility index (Phi) is 2.95.